The average molecular weight is 631 g/mol. The van der Waals surface area contributed by atoms with Crippen LogP contribution in [-0.4, -0.2) is 4.98 Å². The fourth-order valence-electron chi connectivity index (χ4n) is 6.79. The summed E-state index contributed by atoms with van der Waals surface area (Å²) in [4.78, 5) is 7.21. The van der Waals surface area contributed by atoms with Crippen molar-refractivity contribution < 1.29 is 0 Å². The van der Waals surface area contributed by atoms with Gasteiger partial charge in [0.2, 0.25) is 0 Å². The molecule has 7 aromatic carbocycles. The first-order valence-corrected chi connectivity index (χ1v) is 17.0. The standard InChI is InChI=1S/C45H30N2S/c1-3-11-31(12-4-1)32-19-21-33(22-20-32)34-23-25-38(26-24-34)47(41-18-10-9-17-39(41)35-13-5-2-6-14-35)42-29-46-30-44-45(42)40-27-36-15-7-8-16-37(36)28-43(40)48-44/h1-30H. The molecule has 0 aliphatic carbocycles. The van der Waals surface area contributed by atoms with Crippen molar-refractivity contribution in [3.63, 3.8) is 0 Å². The number of hydrogen-bond acceptors (Lipinski definition) is 3. The second-order valence-electron chi connectivity index (χ2n) is 12.0. The highest BCUT2D eigenvalue weighted by molar-refractivity contribution is 7.26. The number of thiophene rings is 1. The molecule has 48 heavy (non-hydrogen) atoms. The number of pyridine rings is 1. The van der Waals surface area contributed by atoms with Crippen LogP contribution in [0.2, 0.25) is 0 Å². The topological polar surface area (TPSA) is 16.1 Å². The van der Waals surface area contributed by atoms with E-state index in [1.807, 2.05) is 23.7 Å². The van der Waals surface area contributed by atoms with E-state index in [0.29, 0.717) is 0 Å². The summed E-state index contributed by atoms with van der Waals surface area (Å²) in [6, 6.07) is 60.9. The van der Waals surface area contributed by atoms with Crippen molar-refractivity contribution in [1.29, 1.82) is 0 Å². The predicted molar refractivity (Wildman–Crippen MR) is 206 cm³/mol. The summed E-state index contributed by atoms with van der Waals surface area (Å²) in [6.07, 6.45) is 4.04. The summed E-state index contributed by atoms with van der Waals surface area (Å²) in [5.74, 6) is 0. The van der Waals surface area contributed by atoms with Gasteiger partial charge in [0.05, 0.1) is 22.3 Å². The Bertz CT molecular complexity index is 2540. The molecule has 3 heteroatoms. The second-order valence-corrected chi connectivity index (χ2v) is 13.1. The van der Waals surface area contributed by atoms with Crippen LogP contribution in [0.1, 0.15) is 0 Å². The molecule has 0 N–H and O–H groups in total. The van der Waals surface area contributed by atoms with E-state index in [0.717, 1.165) is 17.1 Å². The minimum atomic E-state index is 1.07. The summed E-state index contributed by atoms with van der Waals surface area (Å²) < 4.78 is 2.44. The van der Waals surface area contributed by atoms with Gasteiger partial charge in [0, 0.05) is 32.9 Å². The highest BCUT2D eigenvalue weighted by Crippen LogP contribution is 2.47. The molecule has 9 aromatic rings. The number of rotatable bonds is 6. The normalized spacial score (nSPS) is 11.3. The fourth-order valence-corrected chi connectivity index (χ4v) is 7.92. The molecule has 0 fully saturated rings. The van der Waals surface area contributed by atoms with Gasteiger partial charge in [0.25, 0.3) is 0 Å². The van der Waals surface area contributed by atoms with Crippen LogP contribution in [0.5, 0.6) is 0 Å². The number of para-hydroxylation sites is 1. The third-order valence-electron chi connectivity index (χ3n) is 9.15. The molecule has 0 spiro atoms. The Hall–Kier alpha value is -6.03. The van der Waals surface area contributed by atoms with E-state index in [-0.39, 0.29) is 0 Å². The molecule has 0 aliphatic rings. The Labute approximate surface area is 283 Å². The summed E-state index contributed by atoms with van der Waals surface area (Å²) in [7, 11) is 0. The minimum Gasteiger partial charge on any atom is -0.308 e. The van der Waals surface area contributed by atoms with Crippen molar-refractivity contribution in [3.05, 3.63) is 182 Å². The Kier molecular flexibility index (Phi) is 7.03. The van der Waals surface area contributed by atoms with E-state index in [2.05, 4.69) is 175 Å². The number of aromatic nitrogens is 1. The molecule has 0 bridgehead atoms. The molecule has 0 unspecified atom stereocenters. The summed E-state index contributed by atoms with van der Waals surface area (Å²) in [5, 5.41) is 4.97. The third-order valence-corrected chi connectivity index (χ3v) is 10.2. The van der Waals surface area contributed by atoms with Crippen LogP contribution in [0, 0.1) is 0 Å². The van der Waals surface area contributed by atoms with Crippen molar-refractivity contribution in [2.24, 2.45) is 0 Å². The zero-order valence-corrected chi connectivity index (χ0v) is 26.9. The summed E-state index contributed by atoms with van der Waals surface area (Å²) in [5.41, 5.74) is 10.4. The highest BCUT2D eigenvalue weighted by Gasteiger charge is 2.22. The van der Waals surface area contributed by atoms with Gasteiger partial charge in [0.1, 0.15) is 0 Å². The van der Waals surface area contributed by atoms with Gasteiger partial charge in [0.15, 0.2) is 0 Å². The first kappa shape index (κ1) is 28.2. The molecule has 2 aromatic heterocycles. The molecular weight excluding hydrogens is 601 g/mol. The van der Waals surface area contributed by atoms with Crippen molar-refractivity contribution in [3.8, 4) is 33.4 Å². The summed E-state index contributed by atoms with van der Waals surface area (Å²) in [6.45, 7) is 0. The van der Waals surface area contributed by atoms with Crippen molar-refractivity contribution in [2.75, 3.05) is 4.90 Å². The average Bonchev–Trinajstić information content (AvgIpc) is 3.53. The van der Waals surface area contributed by atoms with E-state index in [1.165, 1.54) is 64.3 Å². The van der Waals surface area contributed by atoms with Crippen LogP contribution in [0.15, 0.2) is 182 Å². The molecule has 2 nitrogen and oxygen atoms in total. The van der Waals surface area contributed by atoms with Gasteiger partial charge in [-0.05, 0) is 68.9 Å². The number of fused-ring (bicyclic) bond motifs is 4. The lowest BCUT2D eigenvalue weighted by atomic mass is 9.99. The highest BCUT2D eigenvalue weighted by atomic mass is 32.1. The van der Waals surface area contributed by atoms with Crippen LogP contribution < -0.4 is 4.90 Å². The van der Waals surface area contributed by atoms with Crippen LogP contribution >= 0.6 is 11.3 Å². The van der Waals surface area contributed by atoms with Gasteiger partial charge >= 0.3 is 0 Å². The maximum Gasteiger partial charge on any atom is 0.0738 e. The molecule has 0 saturated carbocycles. The lowest BCUT2D eigenvalue weighted by Gasteiger charge is -2.28. The molecule has 0 amide bonds. The van der Waals surface area contributed by atoms with Crippen LogP contribution in [-0.2, 0) is 0 Å². The van der Waals surface area contributed by atoms with Crippen LogP contribution in [0.25, 0.3) is 64.3 Å². The monoisotopic (exact) mass is 630 g/mol. The Balaban J connectivity index is 1.22. The van der Waals surface area contributed by atoms with E-state index in [4.69, 9.17) is 4.98 Å². The molecular formula is C45H30N2S. The van der Waals surface area contributed by atoms with Gasteiger partial charge < -0.3 is 4.90 Å². The number of anilines is 3. The Morgan fingerprint density at radius 2 is 0.958 bits per heavy atom. The molecule has 0 radical (unpaired) electrons. The SMILES string of the molecule is c1ccc(-c2ccc(-c3ccc(N(c4ccccc4-c4ccccc4)c4cncc5sc6cc7ccccc7cc6c45)cc3)cc2)cc1. The molecule has 0 aliphatic heterocycles. The zero-order chi connectivity index (χ0) is 31.9. The van der Waals surface area contributed by atoms with Gasteiger partial charge in [-0.15, -0.1) is 11.3 Å². The van der Waals surface area contributed by atoms with Crippen LogP contribution in [0.4, 0.5) is 17.1 Å². The maximum absolute atomic E-state index is 4.82. The van der Waals surface area contributed by atoms with Gasteiger partial charge in [-0.1, -0.05) is 140 Å². The number of benzene rings is 7. The van der Waals surface area contributed by atoms with Crippen LogP contribution in [0.3, 0.4) is 0 Å². The smallest absolute Gasteiger partial charge is 0.0738 e. The van der Waals surface area contributed by atoms with Crippen molar-refractivity contribution >= 4 is 59.3 Å². The fraction of sp³-hybridized carbons (Fsp3) is 0. The van der Waals surface area contributed by atoms with Gasteiger partial charge in [-0.3, -0.25) is 4.98 Å². The van der Waals surface area contributed by atoms with E-state index < -0.39 is 0 Å². The minimum absolute atomic E-state index is 1.07. The first-order chi connectivity index (χ1) is 23.8. The summed E-state index contributed by atoms with van der Waals surface area (Å²) >= 11 is 1.81. The third kappa shape index (κ3) is 5.02. The van der Waals surface area contributed by atoms with Crippen molar-refractivity contribution in [1.82, 2.24) is 4.98 Å². The lowest BCUT2D eigenvalue weighted by Crippen LogP contribution is -2.12. The predicted octanol–water partition coefficient (Wildman–Crippen LogP) is 13.1. The Morgan fingerprint density at radius 1 is 0.417 bits per heavy atom. The van der Waals surface area contributed by atoms with Gasteiger partial charge in [-0.2, -0.15) is 0 Å². The molecule has 2 heterocycles. The second kappa shape index (κ2) is 12.0. The molecule has 0 saturated heterocycles. The molecule has 0 atom stereocenters. The van der Waals surface area contributed by atoms with E-state index in [9.17, 15) is 0 Å². The number of hydrogen-bond donors (Lipinski definition) is 0. The van der Waals surface area contributed by atoms with Gasteiger partial charge in [-0.25, -0.2) is 0 Å². The van der Waals surface area contributed by atoms with E-state index >= 15 is 0 Å². The number of nitrogens with zero attached hydrogens (tertiary/aromatic N) is 2. The Morgan fingerprint density at radius 3 is 1.65 bits per heavy atom. The zero-order valence-electron chi connectivity index (χ0n) is 26.1. The maximum atomic E-state index is 4.82. The van der Waals surface area contributed by atoms with E-state index in [1.54, 1.807) is 0 Å². The van der Waals surface area contributed by atoms with Crippen molar-refractivity contribution in [2.45, 2.75) is 0 Å². The quantitative estimate of drug-likeness (QED) is 0.182. The first-order valence-electron chi connectivity index (χ1n) is 16.2. The molecule has 226 valence electrons. The molecule has 9 rings (SSSR count). The largest absolute Gasteiger partial charge is 0.308 e. The lowest BCUT2D eigenvalue weighted by molar-refractivity contribution is 1.26.